The molecule has 1 N–H and O–H groups in total. The van der Waals surface area contributed by atoms with E-state index in [0.29, 0.717) is 12.8 Å². The van der Waals surface area contributed by atoms with Crippen molar-refractivity contribution >= 4 is 27.5 Å². The lowest BCUT2D eigenvalue weighted by Gasteiger charge is -2.30. The van der Waals surface area contributed by atoms with Gasteiger partial charge in [-0.3, -0.25) is 4.79 Å². The number of nitrogens with one attached hydrogen (secondary N) is 1. The third kappa shape index (κ3) is 3.36. The average molecular weight is 335 g/mol. The van der Waals surface area contributed by atoms with Gasteiger partial charge in [0.2, 0.25) is 15.9 Å². The molecule has 1 aromatic carbocycles. The molecule has 1 heterocycles. The van der Waals surface area contributed by atoms with E-state index in [0.717, 1.165) is 18.2 Å². The SMILES string of the molecule is CNC(=O)C1CCN(S(=O)(=O)c2ccc(F)cc2Cl)CC1. The van der Waals surface area contributed by atoms with E-state index >= 15 is 0 Å². The molecule has 5 nitrogen and oxygen atoms in total. The Bertz CT molecular complexity index is 643. The minimum atomic E-state index is -3.76. The first kappa shape index (κ1) is 16.2. The monoisotopic (exact) mass is 334 g/mol. The zero-order valence-corrected chi connectivity index (χ0v) is 13.0. The third-order valence-electron chi connectivity index (χ3n) is 3.58. The maximum atomic E-state index is 13.0. The van der Waals surface area contributed by atoms with Gasteiger partial charge in [0.05, 0.1) is 5.02 Å². The first-order valence-electron chi connectivity index (χ1n) is 6.53. The van der Waals surface area contributed by atoms with Gasteiger partial charge in [0, 0.05) is 26.1 Å². The highest BCUT2D eigenvalue weighted by Gasteiger charge is 2.32. The number of carbonyl (C=O) groups excluding carboxylic acids is 1. The Hall–Kier alpha value is -1.18. The van der Waals surface area contributed by atoms with E-state index in [1.54, 1.807) is 7.05 Å². The van der Waals surface area contributed by atoms with Crippen molar-refractivity contribution in [2.24, 2.45) is 5.92 Å². The van der Waals surface area contributed by atoms with Crippen LogP contribution >= 0.6 is 11.6 Å². The van der Waals surface area contributed by atoms with E-state index < -0.39 is 15.8 Å². The molecule has 0 radical (unpaired) electrons. The lowest BCUT2D eigenvalue weighted by molar-refractivity contribution is -0.125. The van der Waals surface area contributed by atoms with Gasteiger partial charge < -0.3 is 5.32 Å². The molecule has 1 aliphatic heterocycles. The summed E-state index contributed by atoms with van der Waals surface area (Å²) in [6.07, 6.45) is 0.912. The van der Waals surface area contributed by atoms with Crippen molar-refractivity contribution in [3.05, 3.63) is 29.0 Å². The first-order valence-corrected chi connectivity index (χ1v) is 8.35. The summed E-state index contributed by atoms with van der Waals surface area (Å²) in [4.78, 5) is 11.4. The number of benzene rings is 1. The lowest BCUT2D eigenvalue weighted by Crippen LogP contribution is -2.42. The number of hydrogen-bond donors (Lipinski definition) is 1. The smallest absolute Gasteiger partial charge is 0.244 e. The highest BCUT2D eigenvalue weighted by atomic mass is 35.5. The van der Waals surface area contributed by atoms with Crippen molar-refractivity contribution in [2.75, 3.05) is 20.1 Å². The summed E-state index contributed by atoms with van der Waals surface area (Å²) in [7, 11) is -2.20. The second-order valence-electron chi connectivity index (χ2n) is 4.87. The Morgan fingerprint density at radius 3 is 2.52 bits per heavy atom. The van der Waals surface area contributed by atoms with Crippen LogP contribution in [0.4, 0.5) is 4.39 Å². The largest absolute Gasteiger partial charge is 0.359 e. The second-order valence-corrected chi connectivity index (χ2v) is 7.18. The standard InChI is InChI=1S/C13H16ClFN2O3S/c1-16-13(18)9-4-6-17(7-5-9)21(19,20)12-3-2-10(15)8-11(12)14/h2-3,8-9H,4-7H2,1H3,(H,16,18). The molecule has 1 aliphatic rings. The molecule has 0 atom stereocenters. The molecule has 0 unspecified atom stereocenters. The van der Waals surface area contributed by atoms with Crippen molar-refractivity contribution in [3.8, 4) is 0 Å². The van der Waals surface area contributed by atoms with E-state index in [1.807, 2.05) is 0 Å². The van der Waals surface area contributed by atoms with Crippen LogP contribution in [-0.4, -0.2) is 38.8 Å². The molecule has 1 saturated heterocycles. The van der Waals surface area contributed by atoms with E-state index in [-0.39, 0.29) is 34.8 Å². The zero-order chi connectivity index (χ0) is 15.6. The summed E-state index contributed by atoms with van der Waals surface area (Å²) in [5, 5.41) is 2.43. The van der Waals surface area contributed by atoms with Gasteiger partial charge in [0.15, 0.2) is 0 Å². The van der Waals surface area contributed by atoms with E-state index in [9.17, 15) is 17.6 Å². The Labute approximate surface area is 128 Å². The van der Waals surface area contributed by atoms with Crippen LogP contribution in [0.2, 0.25) is 5.02 Å². The molecule has 1 aromatic rings. The molecular formula is C13H16ClFN2O3S. The number of rotatable bonds is 3. The maximum Gasteiger partial charge on any atom is 0.244 e. The van der Waals surface area contributed by atoms with Crippen molar-refractivity contribution in [1.82, 2.24) is 9.62 Å². The molecule has 0 aliphatic carbocycles. The summed E-state index contributed by atoms with van der Waals surface area (Å²) in [5.74, 6) is -0.839. The number of halogens is 2. The molecule has 0 bridgehead atoms. The number of piperidine rings is 1. The Morgan fingerprint density at radius 1 is 1.38 bits per heavy atom. The second kappa shape index (κ2) is 6.29. The van der Waals surface area contributed by atoms with Crippen LogP contribution in [0.15, 0.2) is 23.1 Å². The predicted octanol–water partition coefficient (Wildman–Crippen LogP) is 1.63. The van der Waals surface area contributed by atoms with Crippen molar-refractivity contribution in [1.29, 1.82) is 0 Å². The third-order valence-corrected chi connectivity index (χ3v) is 5.96. The van der Waals surface area contributed by atoms with Crippen molar-refractivity contribution in [3.63, 3.8) is 0 Å². The zero-order valence-electron chi connectivity index (χ0n) is 11.5. The molecule has 8 heteroatoms. The predicted molar refractivity (Wildman–Crippen MR) is 77.0 cm³/mol. The molecule has 0 aromatic heterocycles. The fourth-order valence-corrected chi connectivity index (χ4v) is 4.36. The van der Waals surface area contributed by atoms with E-state index in [4.69, 9.17) is 11.6 Å². The van der Waals surface area contributed by atoms with E-state index in [1.165, 1.54) is 4.31 Å². The van der Waals surface area contributed by atoms with Crippen LogP contribution < -0.4 is 5.32 Å². The van der Waals surface area contributed by atoms with Crippen molar-refractivity contribution < 1.29 is 17.6 Å². The summed E-state index contributed by atoms with van der Waals surface area (Å²) >= 11 is 5.82. The van der Waals surface area contributed by atoms with Gasteiger partial charge >= 0.3 is 0 Å². The Kier molecular flexibility index (Phi) is 4.85. The molecule has 2 rings (SSSR count). The van der Waals surface area contributed by atoms with Crippen LogP contribution in [0, 0.1) is 11.7 Å². The van der Waals surface area contributed by atoms with Crippen LogP contribution in [0.1, 0.15) is 12.8 Å². The molecule has 1 fully saturated rings. The van der Waals surface area contributed by atoms with Crippen LogP contribution in [0.5, 0.6) is 0 Å². The Morgan fingerprint density at radius 2 is 2.00 bits per heavy atom. The summed E-state index contributed by atoms with van der Waals surface area (Å²) in [5.41, 5.74) is 0. The molecule has 21 heavy (non-hydrogen) atoms. The van der Waals surface area contributed by atoms with Gasteiger partial charge in [-0.15, -0.1) is 0 Å². The maximum absolute atomic E-state index is 13.0. The molecular weight excluding hydrogens is 319 g/mol. The first-order chi connectivity index (χ1) is 9.86. The average Bonchev–Trinajstić information content (AvgIpc) is 2.46. The van der Waals surface area contributed by atoms with Gasteiger partial charge in [0.1, 0.15) is 10.7 Å². The van der Waals surface area contributed by atoms with Crippen LogP contribution in [-0.2, 0) is 14.8 Å². The normalized spacial score (nSPS) is 17.7. The fourth-order valence-electron chi connectivity index (χ4n) is 2.39. The molecule has 1 amide bonds. The van der Waals surface area contributed by atoms with Gasteiger partial charge in [-0.1, -0.05) is 11.6 Å². The minimum absolute atomic E-state index is 0.0770. The highest BCUT2D eigenvalue weighted by Crippen LogP contribution is 2.28. The van der Waals surface area contributed by atoms with Gasteiger partial charge in [0.25, 0.3) is 0 Å². The summed E-state index contributed by atoms with van der Waals surface area (Å²) in [6, 6.07) is 3.21. The topological polar surface area (TPSA) is 66.5 Å². The van der Waals surface area contributed by atoms with Crippen LogP contribution in [0.25, 0.3) is 0 Å². The number of hydrogen-bond acceptors (Lipinski definition) is 3. The van der Waals surface area contributed by atoms with Gasteiger partial charge in [-0.25, -0.2) is 12.8 Å². The Balaban J connectivity index is 2.17. The van der Waals surface area contributed by atoms with Crippen LogP contribution in [0.3, 0.4) is 0 Å². The molecule has 0 spiro atoms. The highest BCUT2D eigenvalue weighted by molar-refractivity contribution is 7.89. The van der Waals surface area contributed by atoms with Gasteiger partial charge in [-0.05, 0) is 31.0 Å². The summed E-state index contributed by atoms with van der Waals surface area (Å²) in [6.45, 7) is 0.488. The van der Waals surface area contributed by atoms with E-state index in [2.05, 4.69) is 5.32 Å². The summed E-state index contributed by atoms with van der Waals surface area (Å²) < 4.78 is 39.3. The molecule has 116 valence electrons. The number of carbonyl (C=O) groups is 1. The molecule has 0 saturated carbocycles. The van der Waals surface area contributed by atoms with Gasteiger partial charge in [-0.2, -0.15) is 4.31 Å². The van der Waals surface area contributed by atoms with Crippen molar-refractivity contribution in [2.45, 2.75) is 17.7 Å². The fraction of sp³-hybridized carbons (Fsp3) is 0.462. The quantitative estimate of drug-likeness (QED) is 0.913. The lowest BCUT2D eigenvalue weighted by atomic mass is 9.97. The minimum Gasteiger partial charge on any atom is -0.359 e. The number of sulfonamides is 1. The number of amides is 1. The number of nitrogens with zero attached hydrogens (tertiary/aromatic N) is 1.